The monoisotopic (exact) mass is 621 g/mol. The predicted molar refractivity (Wildman–Crippen MR) is 150 cm³/mol. The maximum atomic E-state index is 12.6. The first-order valence-corrected chi connectivity index (χ1v) is 15.8. The first kappa shape index (κ1) is 30.2. The second kappa shape index (κ2) is 11.1. The number of thioether (sulfide) groups is 1. The van der Waals surface area contributed by atoms with Crippen molar-refractivity contribution in [1.82, 2.24) is 9.88 Å². The van der Waals surface area contributed by atoms with Crippen molar-refractivity contribution in [3.8, 4) is 0 Å². The molecule has 0 spiro atoms. The van der Waals surface area contributed by atoms with Crippen molar-refractivity contribution >= 4 is 51.1 Å². The number of aromatic nitrogens is 1. The lowest BCUT2D eigenvalue weighted by atomic mass is 9.78. The summed E-state index contributed by atoms with van der Waals surface area (Å²) in [6.07, 6.45) is 0.148. The number of thiazole rings is 1. The van der Waals surface area contributed by atoms with Gasteiger partial charge in [-0.05, 0) is 30.2 Å². The van der Waals surface area contributed by atoms with E-state index in [1.165, 1.54) is 22.2 Å². The van der Waals surface area contributed by atoms with Gasteiger partial charge in [0.2, 0.25) is 5.91 Å². The third-order valence-electron chi connectivity index (χ3n) is 9.80. The molecule has 0 saturated carbocycles. The van der Waals surface area contributed by atoms with Gasteiger partial charge in [-0.2, -0.15) is 0 Å². The van der Waals surface area contributed by atoms with Crippen LogP contribution in [0.2, 0.25) is 0 Å². The van der Waals surface area contributed by atoms with E-state index in [9.17, 15) is 24.6 Å². The van der Waals surface area contributed by atoms with Gasteiger partial charge in [0.1, 0.15) is 39.3 Å². The van der Waals surface area contributed by atoms with Crippen LogP contribution in [0.25, 0.3) is 10.2 Å². The number of aliphatic carboxylic acids is 1. The Labute approximate surface area is 253 Å². The SMILES string of the molecule is C[C@@H](O)[C@H]1C(=O)N2C(C(=O)[O-])=C(CSc3nc4cc(CC[N+]56CC[N+](CC(N)=O)(CC5)CC6)ccc4s3)[C@H](C)[C@H]12.[Cl-]. The van der Waals surface area contributed by atoms with Crippen LogP contribution in [0, 0.1) is 11.8 Å². The molecule has 2 aromatic rings. The van der Waals surface area contributed by atoms with Gasteiger partial charge >= 0.3 is 0 Å². The Hall–Kier alpha value is -2.22. The molecule has 7 rings (SSSR count). The number of halogens is 1. The second-order valence-electron chi connectivity index (χ2n) is 12.1. The summed E-state index contributed by atoms with van der Waals surface area (Å²) in [6.45, 7) is 11.4. The molecule has 4 saturated heterocycles. The van der Waals surface area contributed by atoms with Crippen molar-refractivity contribution in [2.45, 2.75) is 36.8 Å². The van der Waals surface area contributed by atoms with E-state index >= 15 is 0 Å². The van der Waals surface area contributed by atoms with Crippen LogP contribution < -0.4 is 23.2 Å². The highest BCUT2D eigenvalue weighted by atomic mass is 35.5. The number of carbonyl (C=O) groups is 3. The van der Waals surface area contributed by atoms with Crippen molar-refractivity contribution < 1.29 is 46.0 Å². The molecule has 10 nitrogen and oxygen atoms in total. The van der Waals surface area contributed by atoms with E-state index in [1.807, 2.05) is 6.92 Å². The number of amides is 2. The Kier molecular flexibility index (Phi) is 8.21. The summed E-state index contributed by atoms with van der Waals surface area (Å²) in [5.74, 6) is -2.24. The number of carboxylic acid groups (broad SMARTS) is 1. The van der Waals surface area contributed by atoms with Gasteiger partial charge in [-0.3, -0.25) is 9.59 Å². The summed E-state index contributed by atoms with van der Waals surface area (Å²) in [4.78, 5) is 42.2. The van der Waals surface area contributed by atoms with Crippen LogP contribution >= 0.6 is 23.1 Å². The number of quaternary nitrogens is 2. The number of aliphatic hydroxyl groups is 1. The average Bonchev–Trinajstić information content (AvgIpc) is 3.42. The van der Waals surface area contributed by atoms with Gasteiger partial charge in [0.05, 0.1) is 46.5 Å². The highest BCUT2D eigenvalue weighted by Gasteiger charge is 2.58. The number of nitrogens with two attached hydrogens (primary N) is 1. The lowest BCUT2D eigenvalue weighted by Crippen LogP contribution is -3.00. The van der Waals surface area contributed by atoms with Crippen LogP contribution in [0.4, 0.5) is 0 Å². The van der Waals surface area contributed by atoms with Gasteiger partial charge in [-0.1, -0.05) is 24.8 Å². The lowest BCUT2D eigenvalue weighted by Gasteiger charge is -2.55. The molecule has 0 radical (unpaired) electrons. The number of carboxylic acids is 1. The van der Waals surface area contributed by atoms with Crippen LogP contribution in [-0.2, 0) is 20.8 Å². The van der Waals surface area contributed by atoms with Crippen LogP contribution in [0.3, 0.4) is 0 Å². The molecular formula is C28H36ClN5O5S2. The number of aliphatic hydroxyl groups excluding tert-OH is 1. The number of primary amides is 1. The fourth-order valence-corrected chi connectivity index (χ4v) is 9.55. The Bertz CT molecular complexity index is 1400. The molecule has 1 aromatic carbocycles. The molecule has 1 aromatic heterocycles. The minimum atomic E-state index is -1.34. The highest BCUT2D eigenvalue weighted by Crippen LogP contribution is 2.48. The molecule has 0 unspecified atom stereocenters. The standard InChI is InChI=1S/C28H35N5O5S2.ClH/c1-16-19(25(27(37)38)31-24(16)23(17(2)34)26(31)36)15-39-28-30-20-13-18(3-4-21(20)40-28)5-6-32-7-10-33(11-8-32,12-9-32)14-22(29)35;/h3-4,13,16-17,23-24,34H,5-12,14-15H2,1-2H3,(H-2,29,35,37,38);1H/t16-,17+,23+,24+,32?,33?;/m0./s1. The van der Waals surface area contributed by atoms with E-state index in [1.54, 1.807) is 18.3 Å². The molecule has 4 atom stereocenters. The normalized spacial score (nSPS) is 31.1. The minimum Gasteiger partial charge on any atom is -1.00 e. The van der Waals surface area contributed by atoms with Gasteiger partial charge in [0.25, 0.3) is 5.91 Å². The molecule has 2 amide bonds. The maximum Gasteiger partial charge on any atom is 0.272 e. The summed E-state index contributed by atoms with van der Waals surface area (Å²) in [5, 5.41) is 22.0. The summed E-state index contributed by atoms with van der Waals surface area (Å²) in [7, 11) is 0. The number of hydrogen-bond donors (Lipinski definition) is 2. The summed E-state index contributed by atoms with van der Waals surface area (Å²) in [6, 6.07) is 6.13. The molecule has 4 fully saturated rings. The zero-order chi connectivity index (χ0) is 28.4. The van der Waals surface area contributed by atoms with Gasteiger partial charge < -0.3 is 47.0 Å². The quantitative estimate of drug-likeness (QED) is 0.163. The number of fused-ring (bicyclic) bond motifs is 5. The number of nitrogens with zero attached hydrogens (tertiary/aromatic N) is 4. The topological polar surface area (TPSA) is 137 Å². The van der Waals surface area contributed by atoms with Crippen LogP contribution in [0.5, 0.6) is 0 Å². The Morgan fingerprint density at radius 3 is 2.49 bits per heavy atom. The van der Waals surface area contributed by atoms with Crippen molar-refractivity contribution in [2.24, 2.45) is 17.6 Å². The Morgan fingerprint density at radius 2 is 1.88 bits per heavy atom. The fraction of sp³-hybridized carbons (Fsp3) is 0.571. The average molecular weight is 622 g/mol. The molecule has 0 aliphatic carbocycles. The van der Waals surface area contributed by atoms with E-state index in [0.717, 1.165) is 75.8 Å². The van der Waals surface area contributed by atoms with Gasteiger partial charge in [0, 0.05) is 18.1 Å². The smallest absolute Gasteiger partial charge is 0.272 e. The number of benzene rings is 1. The van der Waals surface area contributed by atoms with E-state index in [4.69, 9.17) is 10.7 Å². The second-order valence-corrected chi connectivity index (χ2v) is 14.4. The van der Waals surface area contributed by atoms with Gasteiger partial charge in [-0.15, -0.1) is 11.3 Å². The Balaban J connectivity index is 0.00000337. The van der Waals surface area contributed by atoms with Gasteiger partial charge in [0.15, 0.2) is 10.9 Å². The molecule has 13 heteroatoms. The minimum absolute atomic E-state index is 0. The maximum absolute atomic E-state index is 12.6. The number of piperazine rings is 3. The molecule has 3 N–H and O–H groups in total. The zero-order valence-corrected chi connectivity index (χ0v) is 25.6. The number of rotatable bonds is 10. The van der Waals surface area contributed by atoms with E-state index in [2.05, 4.69) is 18.2 Å². The summed E-state index contributed by atoms with van der Waals surface area (Å²) >= 11 is 3.07. The lowest BCUT2D eigenvalue weighted by molar-refractivity contribution is -1.08. The van der Waals surface area contributed by atoms with Crippen LogP contribution in [0.15, 0.2) is 33.8 Å². The zero-order valence-electron chi connectivity index (χ0n) is 23.3. The Morgan fingerprint density at radius 1 is 1.22 bits per heavy atom. The van der Waals surface area contributed by atoms with Crippen molar-refractivity contribution in [3.05, 3.63) is 35.0 Å². The molecule has 2 bridgehead atoms. The van der Waals surface area contributed by atoms with E-state index in [-0.39, 0.29) is 41.9 Å². The first-order chi connectivity index (χ1) is 19.0. The predicted octanol–water partition coefficient (Wildman–Crippen LogP) is -3.06. The third kappa shape index (κ3) is 5.27. The highest BCUT2D eigenvalue weighted by molar-refractivity contribution is 8.01. The molecule has 5 aliphatic heterocycles. The van der Waals surface area contributed by atoms with E-state index in [0.29, 0.717) is 17.9 Å². The van der Waals surface area contributed by atoms with Crippen LogP contribution in [-0.4, -0.2) is 112 Å². The van der Waals surface area contributed by atoms with Crippen molar-refractivity contribution in [2.75, 3.05) is 58.1 Å². The first-order valence-electron chi connectivity index (χ1n) is 14.0. The summed E-state index contributed by atoms with van der Waals surface area (Å²) < 4.78 is 3.91. The molecule has 222 valence electrons. The van der Waals surface area contributed by atoms with Crippen LogP contribution in [0.1, 0.15) is 19.4 Å². The molecular weight excluding hydrogens is 586 g/mol. The van der Waals surface area contributed by atoms with Crippen molar-refractivity contribution in [3.63, 3.8) is 0 Å². The summed E-state index contributed by atoms with van der Waals surface area (Å²) in [5.41, 5.74) is 8.34. The number of β-lactam (4-membered cyclic amide) rings is 1. The van der Waals surface area contributed by atoms with E-state index < -0.39 is 18.0 Å². The van der Waals surface area contributed by atoms with Crippen molar-refractivity contribution in [1.29, 1.82) is 0 Å². The van der Waals surface area contributed by atoms with Gasteiger partial charge in [-0.25, -0.2) is 4.98 Å². The molecule has 6 heterocycles. The fourth-order valence-electron chi connectivity index (χ4n) is 7.35. The number of hydrogen-bond acceptors (Lipinski definition) is 8. The molecule has 41 heavy (non-hydrogen) atoms. The largest absolute Gasteiger partial charge is 1.00 e. The molecule has 5 aliphatic rings. The third-order valence-corrected chi connectivity index (χ3v) is 12.0. The number of carbonyl (C=O) groups excluding carboxylic acids is 3.